The van der Waals surface area contributed by atoms with Crippen molar-refractivity contribution in [2.24, 2.45) is 0 Å². The minimum absolute atomic E-state index is 0.0748. The van der Waals surface area contributed by atoms with Gasteiger partial charge in [0.05, 0.1) is 21.5 Å². The zero-order valence-corrected chi connectivity index (χ0v) is 18.3. The molecule has 172 valence electrons. The Morgan fingerprint density at radius 3 is 2.61 bits per heavy atom. The predicted molar refractivity (Wildman–Crippen MR) is 124 cm³/mol. The fourth-order valence-electron chi connectivity index (χ4n) is 4.17. The van der Waals surface area contributed by atoms with Crippen LogP contribution >= 0.6 is 0 Å². The van der Waals surface area contributed by atoms with E-state index in [0.29, 0.717) is 12.1 Å². The van der Waals surface area contributed by atoms with E-state index >= 15 is 0 Å². The molecule has 2 heterocycles. The molecule has 1 fully saturated rings. The van der Waals surface area contributed by atoms with E-state index in [4.69, 9.17) is 0 Å². The van der Waals surface area contributed by atoms with Gasteiger partial charge in [-0.3, -0.25) is 24.3 Å². The van der Waals surface area contributed by atoms with Gasteiger partial charge in [0.15, 0.2) is 0 Å². The number of non-ortho nitro benzene ring substituents is 1. The molecule has 0 atom stereocenters. The predicted octanol–water partition coefficient (Wildman–Crippen LogP) is 1.58. The van der Waals surface area contributed by atoms with E-state index in [0.717, 1.165) is 42.6 Å². The number of nitrogens with one attached hydrogen (secondary N) is 1. The van der Waals surface area contributed by atoms with Crippen molar-refractivity contribution in [1.82, 2.24) is 19.4 Å². The number of nitro benzene ring substituents is 1. The highest BCUT2D eigenvalue weighted by Gasteiger charge is 2.18. The molecule has 1 aliphatic rings. The van der Waals surface area contributed by atoms with Crippen LogP contribution in [0, 0.1) is 17.0 Å². The topological polar surface area (TPSA) is 119 Å². The summed E-state index contributed by atoms with van der Waals surface area (Å²) in [5, 5.41) is 14.3. The van der Waals surface area contributed by atoms with Gasteiger partial charge >= 0.3 is 5.69 Å². The highest BCUT2D eigenvalue weighted by atomic mass is 16.6. The van der Waals surface area contributed by atoms with Crippen molar-refractivity contribution in [3.05, 3.63) is 79.0 Å². The second kappa shape index (κ2) is 9.37. The first kappa shape index (κ1) is 22.4. The smallest absolute Gasteiger partial charge is 0.336 e. The average Bonchev–Trinajstić information content (AvgIpc) is 3.30. The summed E-state index contributed by atoms with van der Waals surface area (Å²) in [6.45, 7) is 4.80. The number of nitrogens with zero attached hydrogens (tertiary/aromatic N) is 4. The third-order valence-corrected chi connectivity index (χ3v) is 5.85. The van der Waals surface area contributed by atoms with Gasteiger partial charge in [-0.2, -0.15) is 0 Å². The van der Waals surface area contributed by atoms with Crippen molar-refractivity contribution < 1.29 is 9.72 Å². The van der Waals surface area contributed by atoms with E-state index in [2.05, 4.69) is 10.2 Å². The number of benzene rings is 2. The summed E-state index contributed by atoms with van der Waals surface area (Å²) in [5.41, 5.74) is -0.339. The lowest BCUT2D eigenvalue weighted by atomic mass is 10.1. The molecule has 0 spiro atoms. The molecule has 10 nitrogen and oxygen atoms in total. The number of aryl methyl sites for hydroxylation is 1. The fraction of sp³-hybridized carbons (Fsp3) is 0.348. The summed E-state index contributed by atoms with van der Waals surface area (Å²) < 4.78 is 2.12. The van der Waals surface area contributed by atoms with Crippen molar-refractivity contribution >= 4 is 22.5 Å². The number of fused-ring (bicyclic) bond motifs is 1. The minimum Gasteiger partial charge on any atom is -0.353 e. The van der Waals surface area contributed by atoms with E-state index in [1.165, 1.54) is 28.8 Å². The third kappa shape index (κ3) is 4.70. The van der Waals surface area contributed by atoms with E-state index in [-0.39, 0.29) is 29.2 Å². The molecule has 2 aromatic carbocycles. The van der Waals surface area contributed by atoms with Gasteiger partial charge in [0, 0.05) is 25.2 Å². The number of amides is 1. The maximum absolute atomic E-state index is 13.4. The first-order valence-electron chi connectivity index (χ1n) is 10.9. The Bertz CT molecular complexity index is 1340. The molecule has 0 bridgehead atoms. The molecule has 10 heteroatoms. The van der Waals surface area contributed by atoms with Crippen LogP contribution in [-0.4, -0.2) is 51.0 Å². The number of nitro groups is 1. The van der Waals surface area contributed by atoms with Crippen LogP contribution in [0.3, 0.4) is 0 Å². The first-order chi connectivity index (χ1) is 15.8. The van der Waals surface area contributed by atoms with Crippen LogP contribution in [0.4, 0.5) is 5.69 Å². The van der Waals surface area contributed by atoms with Gasteiger partial charge in [-0.25, -0.2) is 9.36 Å². The van der Waals surface area contributed by atoms with Gasteiger partial charge in [0.2, 0.25) is 5.91 Å². The molecule has 1 amide bonds. The summed E-state index contributed by atoms with van der Waals surface area (Å²) in [6.07, 6.45) is 2.32. The van der Waals surface area contributed by atoms with Gasteiger partial charge in [-0.05, 0) is 51.1 Å². The van der Waals surface area contributed by atoms with Crippen LogP contribution in [0.25, 0.3) is 16.6 Å². The quantitative estimate of drug-likeness (QED) is 0.430. The Hall–Kier alpha value is -3.79. The van der Waals surface area contributed by atoms with Crippen LogP contribution in [-0.2, 0) is 11.3 Å². The van der Waals surface area contributed by atoms with Crippen LogP contribution in [0.15, 0.2) is 52.1 Å². The van der Waals surface area contributed by atoms with Crippen molar-refractivity contribution in [3.63, 3.8) is 0 Å². The number of aromatic nitrogens is 2. The lowest BCUT2D eigenvalue weighted by Crippen LogP contribution is -2.42. The molecule has 0 aliphatic carbocycles. The molecule has 1 saturated heterocycles. The Morgan fingerprint density at radius 2 is 1.88 bits per heavy atom. The molecule has 1 aliphatic heterocycles. The maximum Gasteiger partial charge on any atom is 0.336 e. The standard InChI is InChI=1S/C23H25N5O5/c1-16-7-8-20-19(13-16)22(30)27(17-5-4-6-18(14-17)28(32)33)23(31)26(20)15-21(29)24-9-12-25-10-2-3-11-25/h4-8,13-14H,2-3,9-12,15H2,1H3,(H,24,29). The molecular formula is C23H25N5O5. The highest BCUT2D eigenvalue weighted by Crippen LogP contribution is 2.17. The Morgan fingerprint density at radius 1 is 1.12 bits per heavy atom. The average molecular weight is 451 g/mol. The van der Waals surface area contributed by atoms with Crippen LogP contribution in [0.5, 0.6) is 0 Å². The Labute approximate surface area is 189 Å². The maximum atomic E-state index is 13.4. The van der Waals surface area contributed by atoms with Crippen molar-refractivity contribution in [2.75, 3.05) is 26.2 Å². The fourth-order valence-corrected chi connectivity index (χ4v) is 4.17. The van der Waals surface area contributed by atoms with E-state index < -0.39 is 16.2 Å². The zero-order valence-electron chi connectivity index (χ0n) is 18.3. The van der Waals surface area contributed by atoms with Crippen molar-refractivity contribution in [3.8, 4) is 5.69 Å². The van der Waals surface area contributed by atoms with Crippen LogP contribution in [0.1, 0.15) is 18.4 Å². The third-order valence-electron chi connectivity index (χ3n) is 5.85. The van der Waals surface area contributed by atoms with Crippen LogP contribution < -0.4 is 16.6 Å². The van der Waals surface area contributed by atoms with Gasteiger partial charge in [-0.15, -0.1) is 0 Å². The Kier molecular flexibility index (Phi) is 6.36. The lowest BCUT2D eigenvalue weighted by molar-refractivity contribution is -0.384. The summed E-state index contributed by atoms with van der Waals surface area (Å²) in [6, 6.07) is 10.4. The molecule has 33 heavy (non-hydrogen) atoms. The summed E-state index contributed by atoms with van der Waals surface area (Å²) >= 11 is 0. The Balaban J connectivity index is 1.73. The molecule has 0 unspecified atom stereocenters. The molecule has 0 radical (unpaired) electrons. The monoisotopic (exact) mass is 451 g/mol. The summed E-state index contributed by atoms with van der Waals surface area (Å²) in [5.74, 6) is -0.345. The summed E-state index contributed by atoms with van der Waals surface area (Å²) in [7, 11) is 0. The van der Waals surface area contributed by atoms with E-state index in [9.17, 15) is 24.5 Å². The normalized spacial score (nSPS) is 14.0. The number of hydrogen-bond acceptors (Lipinski definition) is 6. The van der Waals surface area contributed by atoms with Crippen LogP contribution in [0.2, 0.25) is 0 Å². The number of hydrogen-bond donors (Lipinski definition) is 1. The zero-order chi connectivity index (χ0) is 23.5. The highest BCUT2D eigenvalue weighted by molar-refractivity contribution is 5.82. The molecule has 4 rings (SSSR count). The molecule has 1 N–H and O–H groups in total. The van der Waals surface area contributed by atoms with Crippen molar-refractivity contribution in [1.29, 1.82) is 0 Å². The van der Waals surface area contributed by atoms with Crippen molar-refractivity contribution in [2.45, 2.75) is 26.3 Å². The van der Waals surface area contributed by atoms with E-state index in [1.54, 1.807) is 18.2 Å². The van der Waals surface area contributed by atoms with Gasteiger partial charge in [0.25, 0.3) is 11.2 Å². The summed E-state index contributed by atoms with van der Waals surface area (Å²) in [4.78, 5) is 52.1. The first-order valence-corrected chi connectivity index (χ1v) is 10.9. The number of carbonyl (C=O) groups is 1. The lowest BCUT2D eigenvalue weighted by Gasteiger charge is -2.16. The van der Waals surface area contributed by atoms with E-state index in [1.807, 2.05) is 6.92 Å². The number of likely N-dealkylation sites (tertiary alicyclic amines) is 1. The molecular weight excluding hydrogens is 426 g/mol. The molecule has 0 saturated carbocycles. The van der Waals surface area contributed by atoms with Gasteiger partial charge < -0.3 is 10.2 Å². The van der Waals surface area contributed by atoms with Gasteiger partial charge in [-0.1, -0.05) is 17.7 Å². The number of rotatable bonds is 7. The second-order valence-corrected chi connectivity index (χ2v) is 8.21. The second-order valence-electron chi connectivity index (χ2n) is 8.21. The van der Waals surface area contributed by atoms with Gasteiger partial charge in [0.1, 0.15) is 6.54 Å². The molecule has 1 aromatic heterocycles. The largest absolute Gasteiger partial charge is 0.353 e. The minimum atomic E-state index is -0.730. The number of carbonyl (C=O) groups excluding carboxylic acids is 1. The molecule has 3 aromatic rings. The SMILES string of the molecule is Cc1ccc2c(c1)c(=O)n(-c1cccc([N+](=O)[O-])c1)c(=O)n2CC(=O)NCCN1CCCC1.